The molecule has 0 atom stereocenters. The van der Waals surface area contributed by atoms with E-state index >= 15 is 0 Å². The highest BCUT2D eigenvalue weighted by Crippen LogP contribution is 2.50. The molecule has 206 valence electrons. The van der Waals surface area contributed by atoms with Gasteiger partial charge in [-0.25, -0.2) is 18.4 Å². The highest BCUT2D eigenvalue weighted by molar-refractivity contribution is 5.90. The Kier molecular flexibility index (Phi) is 7.15. The summed E-state index contributed by atoms with van der Waals surface area (Å²) in [5.74, 6) is -2.54. The van der Waals surface area contributed by atoms with Crippen molar-refractivity contribution in [1.29, 1.82) is 0 Å². The number of hydrogen-bond acceptors (Lipinski definition) is 6. The summed E-state index contributed by atoms with van der Waals surface area (Å²) in [7, 11) is 0. The molecule has 0 heterocycles. The monoisotopic (exact) mass is 554 g/mol. The molecule has 0 saturated heterocycles. The molecule has 41 heavy (non-hydrogen) atoms. The minimum absolute atomic E-state index is 0.129. The SMILES string of the molecule is CC1(C)c2cc(OC(=O)C=Cc3ccc(O)cc3F)ccc2-c2ccc(OC(=O)C=Cc3ccc(O)cc3F)cc21. The number of carbonyl (C=O) groups excluding carboxylic acids is 2. The Balaban J connectivity index is 1.30. The molecule has 6 nitrogen and oxygen atoms in total. The van der Waals surface area contributed by atoms with E-state index in [0.717, 1.165) is 46.5 Å². The molecule has 5 rings (SSSR count). The third kappa shape index (κ3) is 5.72. The van der Waals surface area contributed by atoms with E-state index in [2.05, 4.69) is 0 Å². The van der Waals surface area contributed by atoms with Crippen molar-refractivity contribution in [2.75, 3.05) is 0 Å². The zero-order valence-electron chi connectivity index (χ0n) is 22.0. The summed E-state index contributed by atoms with van der Waals surface area (Å²) in [5, 5.41) is 18.7. The van der Waals surface area contributed by atoms with Crippen LogP contribution in [-0.4, -0.2) is 22.2 Å². The predicted octanol–water partition coefficient (Wildman–Crippen LogP) is 6.92. The van der Waals surface area contributed by atoms with Crippen molar-refractivity contribution in [3.05, 3.63) is 119 Å². The molecule has 2 N–H and O–H groups in total. The number of ether oxygens (including phenoxy) is 2. The number of phenolic OH excluding ortho intramolecular Hbond substituents is 2. The predicted molar refractivity (Wildman–Crippen MR) is 149 cm³/mol. The van der Waals surface area contributed by atoms with Gasteiger partial charge in [-0.2, -0.15) is 0 Å². The van der Waals surface area contributed by atoms with Gasteiger partial charge in [-0.05, 0) is 82.9 Å². The van der Waals surface area contributed by atoms with Crippen LogP contribution in [0.15, 0.2) is 84.9 Å². The van der Waals surface area contributed by atoms with E-state index in [1.54, 1.807) is 24.3 Å². The molecule has 8 heteroatoms. The minimum atomic E-state index is -0.694. The van der Waals surface area contributed by atoms with E-state index in [4.69, 9.17) is 9.47 Å². The van der Waals surface area contributed by atoms with Crippen LogP contribution in [0.2, 0.25) is 0 Å². The van der Waals surface area contributed by atoms with Crippen LogP contribution >= 0.6 is 0 Å². The highest BCUT2D eigenvalue weighted by atomic mass is 19.1. The number of fused-ring (bicyclic) bond motifs is 3. The maximum atomic E-state index is 13.9. The van der Waals surface area contributed by atoms with E-state index in [1.807, 2.05) is 26.0 Å². The van der Waals surface area contributed by atoms with Gasteiger partial charge in [0.25, 0.3) is 0 Å². The molecule has 0 fully saturated rings. The Morgan fingerprint density at radius 3 is 1.46 bits per heavy atom. The molecule has 0 saturated carbocycles. The maximum absolute atomic E-state index is 13.9. The molecule has 4 aromatic rings. The fourth-order valence-corrected chi connectivity index (χ4v) is 4.74. The standard InChI is InChI=1S/C33H24F2O6/c1-33(2)27-17-23(40-31(38)13-5-19-3-7-21(36)15-29(19)34)9-11-25(27)26-12-10-24(18-28(26)33)41-32(39)14-6-20-4-8-22(37)16-30(20)35/h3-18,36-37H,1-2H3. The second-order valence-corrected chi connectivity index (χ2v) is 9.96. The second kappa shape index (κ2) is 10.7. The zero-order chi connectivity index (χ0) is 29.3. The number of hydrogen-bond donors (Lipinski definition) is 2. The van der Waals surface area contributed by atoms with Gasteiger partial charge in [0.1, 0.15) is 34.6 Å². The summed E-state index contributed by atoms with van der Waals surface area (Å²) >= 11 is 0. The lowest BCUT2D eigenvalue weighted by atomic mass is 9.82. The summed E-state index contributed by atoms with van der Waals surface area (Å²) in [6.45, 7) is 3.99. The molecule has 1 aliphatic carbocycles. The Labute approximate surface area is 234 Å². The first-order chi connectivity index (χ1) is 19.5. The van der Waals surface area contributed by atoms with Crippen molar-refractivity contribution in [2.45, 2.75) is 19.3 Å². The normalized spacial score (nSPS) is 13.3. The Bertz CT molecular complexity index is 1630. The van der Waals surface area contributed by atoms with Crippen molar-refractivity contribution in [3.8, 4) is 34.1 Å². The van der Waals surface area contributed by atoms with E-state index in [-0.39, 0.29) is 22.6 Å². The molecule has 0 amide bonds. The molecule has 1 aliphatic rings. The van der Waals surface area contributed by atoms with Crippen LogP contribution in [0.25, 0.3) is 23.3 Å². The molecule has 0 radical (unpaired) electrons. The largest absolute Gasteiger partial charge is 0.508 e. The lowest BCUT2D eigenvalue weighted by molar-refractivity contribution is -0.129. The topological polar surface area (TPSA) is 93.1 Å². The smallest absolute Gasteiger partial charge is 0.336 e. The zero-order valence-corrected chi connectivity index (χ0v) is 22.0. The van der Waals surface area contributed by atoms with E-state index in [1.165, 1.54) is 36.4 Å². The fourth-order valence-electron chi connectivity index (χ4n) is 4.74. The van der Waals surface area contributed by atoms with Gasteiger partial charge >= 0.3 is 11.9 Å². The summed E-state index contributed by atoms with van der Waals surface area (Å²) < 4.78 is 38.7. The summed E-state index contributed by atoms with van der Waals surface area (Å²) in [6, 6.07) is 17.8. The van der Waals surface area contributed by atoms with Gasteiger partial charge in [0.05, 0.1) is 0 Å². The fraction of sp³-hybridized carbons (Fsp3) is 0.0909. The van der Waals surface area contributed by atoms with Crippen LogP contribution in [0, 0.1) is 11.6 Å². The van der Waals surface area contributed by atoms with Crippen molar-refractivity contribution >= 4 is 24.1 Å². The molecular formula is C33H24F2O6. The first-order valence-electron chi connectivity index (χ1n) is 12.6. The third-order valence-electron chi connectivity index (χ3n) is 6.82. The van der Waals surface area contributed by atoms with E-state index < -0.39 is 29.0 Å². The minimum Gasteiger partial charge on any atom is -0.508 e. The number of halogens is 2. The number of benzene rings is 4. The average molecular weight is 555 g/mol. The van der Waals surface area contributed by atoms with Crippen molar-refractivity contribution < 1.29 is 38.1 Å². The molecule has 0 bridgehead atoms. The Hall–Kier alpha value is -5.24. The molecule has 0 aromatic heterocycles. The maximum Gasteiger partial charge on any atom is 0.336 e. The van der Waals surface area contributed by atoms with Gasteiger partial charge in [-0.1, -0.05) is 26.0 Å². The molecular weight excluding hydrogens is 530 g/mol. The van der Waals surface area contributed by atoms with Gasteiger partial charge in [0, 0.05) is 40.8 Å². The summed E-state index contributed by atoms with van der Waals surface area (Å²) in [4.78, 5) is 24.8. The number of aromatic hydroxyl groups is 2. The quantitative estimate of drug-likeness (QED) is 0.153. The first kappa shape index (κ1) is 27.3. The second-order valence-electron chi connectivity index (χ2n) is 9.96. The van der Waals surface area contributed by atoms with Crippen LogP contribution in [0.1, 0.15) is 36.1 Å². The molecule has 0 unspecified atom stereocenters. The average Bonchev–Trinajstić information content (AvgIpc) is 3.13. The van der Waals surface area contributed by atoms with Crippen LogP contribution in [0.3, 0.4) is 0 Å². The van der Waals surface area contributed by atoms with Crippen LogP contribution in [-0.2, 0) is 15.0 Å². The third-order valence-corrected chi connectivity index (χ3v) is 6.82. The number of esters is 2. The Morgan fingerprint density at radius 2 is 1.07 bits per heavy atom. The van der Waals surface area contributed by atoms with Gasteiger partial charge in [0.2, 0.25) is 0 Å². The van der Waals surface area contributed by atoms with Crippen molar-refractivity contribution in [3.63, 3.8) is 0 Å². The first-order valence-corrected chi connectivity index (χ1v) is 12.6. The molecule has 0 spiro atoms. The van der Waals surface area contributed by atoms with E-state index in [0.29, 0.717) is 11.5 Å². The highest BCUT2D eigenvalue weighted by Gasteiger charge is 2.36. The lowest BCUT2D eigenvalue weighted by Crippen LogP contribution is -2.16. The van der Waals surface area contributed by atoms with Gasteiger partial charge in [-0.3, -0.25) is 0 Å². The number of phenols is 2. The van der Waals surface area contributed by atoms with Gasteiger partial charge in [-0.15, -0.1) is 0 Å². The Morgan fingerprint density at radius 1 is 0.659 bits per heavy atom. The number of rotatable bonds is 6. The van der Waals surface area contributed by atoms with Crippen LogP contribution in [0.4, 0.5) is 8.78 Å². The van der Waals surface area contributed by atoms with Crippen LogP contribution in [0.5, 0.6) is 23.0 Å². The molecule has 0 aliphatic heterocycles. The lowest BCUT2D eigenvalue weighted by Gasteiger charge is -2.22. The van der Waals surface area contributed by atoms with E-state index in [9.17, 15) is 28.6 Å². The van der Waals surface area contributed by atoms with Crippen molar-refractivity contribution in [1.82, 2.24) is 0 Å². The van der Waals surface area contributed by atoms with Gasteiger partial charge < -0.3 is 19.7 Å². The number of carbonyl (C=O) groups is 2. The van der Waals surface area contributed by atoms with Crippen molar-refractivity contribution in [2.24, 2.45) is 0 Å². The van der Waals surface area contributed by atoms with Crippen LogP contribution < -0.4 is 9.47 Å². The molecule has 4 aromatic carbocycles. The summed E-state index contributed by atoms with van der Waals surface area (Å²) in [6.07, 6.45) is 4.74. The summed E-state index contributed by atoms with van der Waals surface area (Å²) in [5.41, 5.74) is 3.41. The van der Waals surface area contributed by atoms with Gasteiger partial charge in [0.15, 0.2) is 0 Å².